The third-order valence-corrected chi connectivity index (χ3v) is 0.981. The van der Waals surface area contributed by atoms with Crippen molar-refractivity contribution in [3.63, 3.8) is 0 Å². The zero-order valence-electron chi connectivity index (χ0n) is 6.02. The maximum absolute atomic E-state index is 8.71. The zero-order valence-corrected chi connectivity index (χ0v) is 6.02. The summed E-state index contributed by atoms with van der Waals surface area (Å²) >= 11 is 0. The predicted molar refractivity (Wildman–Crippen MR) is 36.5 cm³/mol. The lowest BCUT2D eigenvalue weighted by Crippen LogP contribution is -2.51. The number of nitrogens with two attached hydrogens (primary N) is 1. The molecule has 6 nitrogen and oxygen atoms in total. The maximum Gasteiger partial charge on any atom is 0.323 e. The third kappa shape index (κ3) is 3.79. The van der Waals surface area contributed by atoms with Gasteiger partial charge in [0.1, 0.15) is 0 Å². The molecule has 11 heavy (non-hydrogen) atoms. The number of hydrogen-bond donors (Lipinski definition) is 6. The van der Waals surface area contributed by atoms with Gasteiger partial charge in [0.2, 0.25) is 6.23 Å². The van der Waals surface area contributed by atoms with Crippen molar-refractivity contribution in [1.82, 2.24) is 5.32 Å². The van der Waals surface area contributed by atoms with Crippen LogP contribution in [0.4, 0.5) is 0 Å². The fraction of sp³-hybridized carbons (Fsp3) is 0.600. The van der Waals surface area contributed by atoms with Gasteiger partial charge in [0.15, 0.2) is 0 Å². The number of aliphatic hydroxyl groups excluding tert-OH is 1. The molecule has 1 unspecified atom stereocenters. The molecule has 0 saturated carbocycles. The lowest BCUT2D eigenvalue weighted by molar-refractivity contribution is -0.358. The van der Waals surface area contributed by atoms with Crippen molar-refractivity contribution in [2.75, 3.05) is 0 Å². The standard InChI is InChI=1S/C5H12N2O4/c1-2-3(6)7-4(8)5(9,10)11/h2,4,7-11H,6H2,1H3. The van der Waals surface area contributed by atoms with Gasteiger partial charge in [-0.3, -0.25) is 0 Å². The fourth-order valence-electron chi connectivity index (χ4n) is 0.338. The second kappa shape index (κ2) is 3.54. The number of rotatable bonds is 3. The fourth-order valence-corrected chi connectivity index (χ4v) is 0.338. The Balaban J connectivity index is 3.98. The van der Waals surface area contributed by atoms with Crippen molar-refractivity contribution >= 4 is 0 Å². The normalized spacial score (nSPS) is 16.3. The molecule has 0 aliphatic rings. The first-order chi connectivity index (χ1) is 4.88. The van der Waals surface area contributed by atoms with E-state index in [1.807, 2.05) is 5.32 Å². The van der Waals surface area contributed by atoms with Crippen LogP contribution in [-0.2, 0) is 0 Å². The Morgan fingerprint density at radius 3 is 2.27 bits per heavy atom. The van der Waals surface area contributed by atoms with E-state index in [2.05, 4.69) is 0 Å². The molecule has 0 amide bonds. The molecule has 0 aromatic carbocycles. The minimum Gasteiger partial charge on any atom is -0.386 e. The summed E-state index contributed by atoms with van der Waals surface area (Å²) in [6.45, 7) is 1.57. The second-order valence-corrected chi connectivity index (χ2v) is 1.98. The monoisotopic (exact) mass is 164 g/mol. The number of nitrogens with one attached hydrogen (secondary N) is 1. The van der Waals surface area contributed by atoms with Gasteiger partial charge in [-0.25, -0.2) is 0 Å². The molecule has 0 aliphatic heterocycles. The van der Waals surface area contributed by atoms with E-state index in [1.165, 1.54) is 6.08 Å². The Kier molecular flexibility index (Phi) is 3.27. The average Bonchev–Trinajstić information content (AvgIpc) is 1.85. The molecule has 0 bridgehead atoms. The topological polar surface area (TPSA) is 119 Å². The summed E-state index contributed by atoms with van der Waals surface area (Å²) in [6, 6.07) is 0. The molecule has 0 aliphatic carbocycles. The van der Waals surface area contributed by atoms with Crippen LogP contribution in [0.2, 0.25) is 0 Å². The van der Waals surface area contributed by atoms with Crippen LogP contribution in [0, 0.1) is 0 Å². The van der Waals surface area contributed by atoms with E-state index in [0.717, 1.165) is 0 Å². The first-order valence-corrected chi connectivity index (χ1v) is 2.91. The predicted octanol–water partition coefficient (Wildman–Crippen LogP) is -2.65. The van der Waals surface area contributed by atoms with Gasteiger partial charge in [-0.05, 0) is 13.0 Å². The molecule has 66 valence electrons. The van der Waals surface area contributed by atoms with E-state index in [4.69, 9.17) is 26.2 Å². The molecule has 6 heteroatoms. The SMILES string of the molecule is CC=C(N)NC(O)C(O)(O)O. The summed E-state index contributed by atoms with van der Waals surface area (Å²) in [6.07, 6.45) is -0.548. The van der Waals surface area contributed by atoms with Crippen LogP contribution in [0.25, 0.3) is 0 Å². The molecule has 0 aromatic heterocycles. The highest BCUT2D eigenvalue weighted by Gasteiger charge is 2.30. The summed E-state index contributed by atoms with van der Waals surface area (Å²) in [5, 5.41) is 35.8. The van der Waals surface area contributed by atoms with Gasteiger partial charge < -0.3 is 31.5 Å². The Labute approximate surface area is 63.6 Å². The van der Waals surface area contributed by atoms with E-state index in [1.54, 1.807) is 6.92 Å². The molecule has 0 radical (unpaired) electrons. The van der Waals surface area contributed by atoms with Gasteiger partial charge in [-0.15, -0.1) is 0 Å². The van der Waals surface area contributed by atoms with Crippen molar-refractivity contribution in [3.05, 3.63) is 11.9 Å². The first kappa shape index (κ1) is 10.2. The van der Waals surface area contributed by atoms with Crippen molar-refractivity contribution in [1.29, 1.82) is 0 Å². The van der Waals surface area contributed by atoms with Crippen LogP contribution in [0.15, 0.2) is 11.9 Å². The highest BCUT2D eigenvalue weighted by molar-refractivity contribution is 4.92. The van der Waals surface area contributed by atoms with Gasteiger partial charge in [-0.1, -0.05) is 0 Å². The van der Waals surface area contributed by atoms with Crippen molar-refractivity contribution in [2.45, 2.75) is 19.1 Å². The minimum absolute atomic E-state index is 0.0269. The van der Waals surface area contributed by atoms with Gasteiger partial charge in [0, 0.05) is 0 Å². The molecule has 0 spiro atoms. The number of aliphatic hydroxyl groups is 4. The highest BCUT2D eigenvalue weighted by Crippen LogP contribution is 1.98. The van der Waals surface area contributed by atoms with E-state index in [-0.39, 0.29) is 5.82 Å². The van der Waals surface area contributed by atoms with E-state index in [9.17, 15) is 0 Å². The van der Waals surface area contributed by atoms with E-state index >= 15 is 0 Å². The Morgan fingerprint density at radius 1 is 1.55 bits per heavy atom. The van der Waals surface area contributed by atoms with Crippen molar-refractivity contribution in [3.8, 4) is 0 Å². The number of allylic oxidation sites excluding steroid dienone is 1. The second-order valence-electron chi connectivity index (χ2n) is 1.98. The average molecular weight is 164 g/mol. The van der Waals surface area contributed by atoms with Gasteiger partial charge >= 0.3 is 5.97 Å². The molecular formula is C5H12N2O4. The van der Waals surface area contributed by atoms with E-state index in [0.29, 0.717) is 0 Å². The van der Waals surface area contributed by atoms with Crippen LogP contribution < -0.4 is 11.1 Å². The van der Waals surface area contributed by atoms with E-state index < -0.39 is 12.2 Å². The molecule has 0 rings (SSSR count). The lowest BCUT2D eigenvalue weighted by atomic mass is 10.4. The molecule has 0 saturated heterocycles. The minimum atomic E-state index is -3.19. The summed E-state index contributed by atoms with van der Waals surface area (Å²) in [5.41, 5.74) is 5.13. The molecule has 0 aromatic rings. The van der Waals surface area contributed by atoms with Crippen LogP contribution in [0.5, 0.6) is 0 Å². The van der Waals surface area contributed by atoms with Gasteiger partial charge in [-0.2, -0.15) is 0 Å². The van der Waals surface area contributed by atoms with Gasteiger partial charge in [0.05, 0.1) is 5.82 Å². The Bertz CT molecular complexity index is 151. The van der Waals surface area contributed by atoms with Crippen LogP contribution in [0.3, 0.4) is 0 Å². The quantitative estimate of drug-likeness (QED) is 0.253. The summed E-state index contributed by atoms with van der Waals surface area (Å²) in [5.74, 6) is -3.16. The largest absolute Gasteiger partial charge is 0.386 e. The molecule has 1 atom stereocenters. The first-order valence-electron chi connectivity index (χ1n) is 2.91. The number of hydrogen-bond acceptors (Lipinski definition) is 6. The molecule has 0 heterocycles. The van der Waals surface area contributed by atoms with Crippen LogP contribution in [0.1, 0.15) is 6.92 Å². The Hall–Kier alpha value is -0.820. The van der Waals surface area contributed by atoms with Crippen LogP contribution in [-0.4, -0.2) is 32.6 Å². The highest BCUT2D eigenvalue weighted by atomic mass is 16.7. The maximum atomic E-state index is 8.71. The molecule has 7 N–H and O–H groups in total. The van der Waals surface area contributed by atoms with Gasteiger partial charge in [0.25, 0.3) is 0 Å². The molecular weight excluding hydrogens is 152 g/mol. The summed E-state index contributed by atoms with van der Waals surface area (Å²) in [7, 11) is 0. The van der Waals surface area contributed by atoms with Crippen molar-refractivity contribution < 1.29 is 20.4 Å². The smallest absolute Gasteiger partial charge is 0.323 e. The summed E-state index contributed by atoms with van der Waals surface area (Å²) in [4.78, 5) is 0. The third-order valence-electron chi connectivity index (χ3n) is 0.981. The molecule has 0 fully saturated rings. The summed E-state index contributed by atoms with van der Waals surface area (Å²) < 4.78 is 0. The lowest BCUT2D eigenvalue weighted by Gasteiger charge is -2.22. The van der Waals surface area contributed by atoms with Crippen LogP contribution >= 0.6 is 0 Å². The van der Waals surface area contributed by atoms with Crippen molar-refractivity contribution in [2.24, 2.45) is 5.73 Å². The zero-order chi connectivity index (χ0) is 9.07. The Morgan fingerprint density at radius 2 is 2.00 bits per heavy atom.